The van der Waals surface area contributed by atoms with Gasteiger partial charge in [-0.3, -0.25) is 0 Å². The van der Waals surface area contributed by atoms with Crippen LogP contribution >= 0.6 is 0 Å². The van der Waals surface area contributed by atoms with Crippen LogP contribution in [0.25, 0.3) is 38.3 Å². The van der Waals surface area contributed by atoms with Gasteiger partial charge in [-0.05, 0) is 122 Å². The maximum atomic E-state index is 2.59. The molecule has 2 nitrogen and oxygen atoms in total. The number of fused-ring (bicyclic) bond motifs is 2. The molecule has 0 saturated carbocycles. The fourth-order valence-electron chi connectivity index (χ4n) is 12.0. The average molecular weight is 971 g/mol. The number of hydrogen-bond acceptors (Lipinski definition) is 2. The van der Waals surface area contributed by atoms with Gasteiger partial charge in [-0.2, -0.15) is 0 Å². The van der Waals surface area contributed by atoms with E-state index in [9.17, 15) is 0 Å². The summed E-state index contributed by atoms with van der Waals surface area (Å²) < 4.78 is 0. The van der Waals surface area contributed by atoms with Gasteiger partial charge in [-0.25, -0.2) is 0 Å². The monoisotopic (exact) mass is 970 g/mol. The first-order chi connectivity index (χ1) is 37.7. The van der Waals surface area contributed by atoms with Crippen LogP contribution in [-0.4, -0.2) is 0 Å². The molecule has 0 spiro atoms. The number of hydrogen-bond donors (Lipinski definition) is 0. The molecule has 0 fully saturated rings. The third-order valence-corrected chi connectivity index (χ3v) is 15.3. The summed E-state index contributed by atoms with van der Waals surface area (Å²) in [5, 5.41) is 4.81. The zero-order valence-electron chi connectivity index (χ0n) is 42.1. The van der Waals surface area contributed by atoms with Crippen LogP contribution in [0, 0.1) is 0 Å². The summed E-state index contributed by atoms with van der Waals surface area (Å²) in [5.74, 6) is -0.154. The summed E-state index contributed by atoms with van der Waals surface area (Å²) >= 11 is 0. The van der Waals surface area contributed by atoms with E-state index in [4.69, 9.17) is 0 Å². The van der Waals surface area contributed by atoms with Crippen LogP contribution in [0.1, 0.15) is 39.3 Å². The molecule has 2 unspecified atom stereocenters. The van der Waals surface area contributed by atoms with E-state index >= 15 is 0 Å². The molecule has 76 heavy (non-hydrogen) atoms. The van der Waals surface area contributed by atoms with E-state index < -0.39 is 5.41 Å². The van der Waals surface area contributed by atoms with Gasteiger partial charge in [0.25, 0.3) is 0 Å². The van der Waals surface area contributed by atoms with Crippen molar-refractivity contribution in [3.63, 3.8) is 0 Å². The maximum Gasteiger partial charge on any atom is 0.0566 e. The Kier molecular flexibility index (Phi) is 12.3. The second-order valence-electron chi connectivity index (χ2n) is 19.6. The first-order valence-corrected chi connectivity index (χ1v) is 26.3. The highest BCUT2D eigenvalue weighted by Gasteiger charge is 2.50. The van der Waals surface area contributed by atoms with E-state index in [1.165, 1.54) is 60.5 Å². The minimum absolute atomic E-state index is 0.154. The summed E-state index contributed by atoms with van der Waals surface area (Å²) in [5.41, 5.74) is 16.7. The van der Waals surface area contributed by atoms with Gasteiger partial charge in [0.15, 0.2) is 0 Å². The third-order valence-electron chi connectivity index (χ3n) is 15.3. The third kappa shape index (κ3) is 8.27. The Morgan fingerprint density at radius 2 is 0.658 bits per heavy atom. The lowest BCUT2D eigenvalue weighted by molar-refractivity contribution is 0.587. The fraction of sp³-hybridized carbons (Fsp3) is 0.0270. The molecule has 0 bridgehead atoms. The maximum absolute atomic E-state index is 2.59. The van der Waals surface area contributed by atoms with E-state index in [0.29, 0.717) is 0 Å². The zero-order chi connectivity index (χ0) is 50.7. The van der Waals surface area contributed by atoms with E-state index in [0.717, 1.165) is 45.3 Å². The molecule has 0 radical (unpaired) electrons. The SMILES string of the molecule is C1=C(c2ccc(N(c3ccccc3)c3cccc4ccccc34)cc2)C(c2ccccc2)=C(c2ccccc2)C(c2ccccc2)(c2ccc(N(c3ccccc3)c3cccc4ccccc34)cc2)C1c1ccccc1. The summed E-state index contributed by atoms with van der Waals surface area (Å²) in [6, 6.07) is 116. The molecule has 0 aromatic heterocycles. The van der Waals surface area contributed by atoms with Crippen LogP contribution in [-0.2, 0) is 5.41 Å². The van der Waals surface area contributed by atoms with Crippen molar-refractivity contribution < 1.29 is 0 Å². The predicted octanol–water partition coefficient (Wildman–Crippen LogP) is 19.7. The molecule has 1 aliphatic rings. The van der Waals surface area contributed by atoms with Crippen molar-refractivity contribution in [1.29, 1.82) is 0 Å². The zero-order valence-corrected chi connectivity index (χ0v) is 42.1. The lowest BCUT2D eigenvalue weighted by atomic mass is 9.54. The van der Waals surface area contributed by atoms with Crippen molar-refractivity contribution in [2.45, 2.75) is 11.3 Å². The Morgan fingerprint density at radius 1 is 0.276 bits per heavy atom. The first kappa shape index (κ1) is 46.1. The van der Waals surface area contributed by atoms with Crippen LogP contribution < -0.4 is 9.80 Å². The number of para-hydroxylation sites is 2. The molecule has 0 N–H and O–H groups in total. The predicted molar refractivity (Wildman–Crippen MR) is 321 cm³/mol. The Labute approximate surface area is 446 Å². The summed E-state index contributed by atoms with van der Waals surface area (Å²) in [6.45, 7) is 0. The summed E-state index contributed by atoms with van der Waals surface area (Å²) in [6.07, 6.45) is 2.59. The molecule has 0 saturated heterocycles. The molecule has 360 valence electrons. The summed E-state index contributed by atoms with van der Waals surface area (Å²) in [4.78, 5) is 4.79. The Bertz CT molecular complexity index is 3990. The van der Waals surface area contributed by atoms with Gasteiger partial charge in [-0.15, -0.1) is 0 Å². The fourth-order valence-corrected chi connectivity index (χ4v) is 12.0. The van der Waals surface area contributed by atoms with Crippen molar-refractivity contribution in [1.82, 2.24) is 0 Å². The smallest absolute Gasteiger partial charge is 0.0566 e. The molecule has 2 heteroatoms. The quantitative estimate of drug-likeness (QED) is 0.120. The van der Waals surface area contributed by atoms with Crippen molar-refractivity contribution in [3.8, 4) is 0 Å². The van der Waals surface area contributed by atoms with Crippen LogP contribution in [0.3, 0.4) is 0 Å². The molecule has 12 aromatic carbocycles. The van der Waals surface area contributed by atoms with Gasteiger partial charge in [0, 0.05) is 39.4 Å². The highest BCUT2D eigenvalue weighted by molar-refractivity contribution is 6.19. The minimum Gasteiger partial charge on any atom is -0.310 e. The topological polar surface area (TPSA) is 6.48 Å². The Balaban J connectivity index is 1.06. The summed E-state index contributed by atoms with van der Waals surface area (Å²) in [7, 11) is 0. The van der Waals surface area contributed by atoms with E-state index in [2.05, 4.69) is 331 Å². The molecule has 0 heterocycles. The average Bonchev–Trinajstić information content (AvgIpc) is 3.56. The molecule has 13 rings (SSSR count). The van der Waals surface area contributed by atoms with Crippen molar-refractivity contribution >= 4 is 72.4 Å². The Morgan fingerprint density at radius 3 is 1.17 bits per heavy atom. The van der Waals surface area contributed by atoms with Crippen molar-refractivity contribution in [2.24, 2.45) is 0 Å². The second kappa shape index (κ2) is 20.3. The van der Waals surface area contributed by atoms with Crippen LogP contribution in [0.4, 0.5) is 34.1 Å². The highest BCUT2D eigenvalue weighted by Crippen LogP contribution is 2.62. The van der Waals surface area contributed by atoms with Crippen LogP contribution in [0.2, 0.25) is 0 Å². The number of rotatable bonds is 12. The molecule has 2 atom stereocenters. The van der Waals surface area contributed by atoms with Gasteiger partial charge >= 0.3 is 0 Å². The van der Waals surface area contributed by atoms with Gasteiger partial charge in [0.05, 0.1) is 16.8 Å². The van der Waals surface area contributed by atoms with Crippen molar-refractivity contribution in [3.05, 3.63) is 355 Å². The number of benzene rings is 12. The van der Waals surface area contributed by atoms with Gasteiger partial charge in [0.1, 0.15) is 0 Å². The molecule has 1 aliphatic carbocycles. The lowest BCUT2D eigenvalue weighted by Gasteiger charge is -2.48. The van der Waals surface area contributed by atoms with Gasteiger partial charge in [-0.1, -0.05) is 261 Å². The van der Waals surface area contributed by atoms with Crippen LogP contribution in [0.15, 0.2) is 322 Å². The highest BCUT2D eigenvalue weighted by atomic mass is 15.1. The standard InChI is InChI=1S/C74H54N2/c1-7-27-57(28-8-1)69-53-68(56-45-49-64(50-46-56)75(62-37-15-5-16-38-62)70-43-23-33-54-25-19-21-41-66(54)70)72(58-29-9-2-10-30-58)73(59-31-11-3-12-32-59)74(69,60-35-13-4-14-36-60)61-47-51-65(52-48-61)76(63-39-17-6-18-40-63)71-44-24-34-55-26-20-22-42-67(55)71/h1-53,69H. The van der Waals surface area contributed by atoms with Gasteiger partial charge in [0.2, 0.25) is 0 Å². The largest absolute Gasteiger partial charge is 0.310 e. The number of allylic oxidation sites excluding steroid dienone is 4. The minimum atomic E-state index is -0.730. The lowest BCUT2D eigenvalue weighted by Crippen LogP contribution is -2.39. The molecular weight excluding hydrogens is 917 g/mol. The first-order valence-electron chi connectivity index (χ1n) is 26.3. The Hall–Kier alpha value is -9.76. The molecule has 0 aliphatic heterocycles. The van der Waals surface area contributed by atoms with E-state index in [1.807, 2.05) is 0 Å². The van der Waals surface area contributed by atoms with E-state index in [-0.39, 0.29) is 5.92 Å². The number of anilines is 6. The van der Waals surface area contributed by atoms with Crippen molar-refractivity contribution in [2.75, 3.05) is 9.80 Å². The molecule has 0 amide bonds. The van der Waals surface area contributed by atoms with Gasteiger partial charge < -0.3 is 9.80 Å². The van der Waals surface area contributed by atoms with E-state index in [1.54, 1.807) is 0 Å². The normalized spacial score (nSPS) is 15.3. The molecular formula is C74H54N2. The molecule has 12 aromatic rings. The van der Waals surface area contributed by atoms with Crippen LogP contribution in [0.5, 0.6) is 0 Å². The second-order valence-corrected chi connectivity index (χ2v) is 19.6. The number of nitrogens with zero attached hydrogens (tertiary/aromatic N) is 2.